The number of hydrogen-bond donors (Lipinski definition) is 0. The highest BCUT2D eigenvalue weighted by molar-refractivity contribution is 5.70. The van der Waals surface area contributed by atoms with E-state index in [2.05, 4.69) is 4.90 Å². The Morgan fingerprint density at radius 2 is 1.46 bits per heavy atom. The van der Waals surface area contributed by atoms with Crippen molar-refractivity contribution in [1.82, 2.24) is 9.96 Å². The van der Waals surface area contributed by atoms with Crippen molar-refractivity contribution in [2.45, 2.75) is 72.0 Å². The van der Waals surface area contributed by atoms with Crippen LogP contribution in [0.2, 0.25) is 0 Å². The van der Waals surface area contributed by atoms with Gasteiger partial charge in [0.25, 0.3) is 0 Å². The van der Waals surface area contributed by atoms with Gasteiger partial charge in [0.2, 0.25) is 0 Å². The summed E-state index contributed by atoms with van der Waals surface area (Å²) in [7, 11) is 0. The Balaban J connectivity index is 2.63. The van der Waals surface area contributed by atoms with E-state index in [1.807, 2.05) is 0 Å². The van der Waals surface area contributed by atoms with Crippen molar-refractivity contribution in [3.05, 3.63) is 0 Å². The number of ether oxygens (including phenoxy) is 2. The molecule has 0 aromatic rings. The van der Waals surface area contributed by atoms with E-state index in [0.717, 1.165) is 31.0 Å². The monoisotopic (exact) mass is 344 g/mol. The van der Waals surface area contributed by atoms with Crippen LogP contribution in [0.5, 0.6) is 0 Å². The number of likely N-dealkylation sites (tertiary alicyclic amines) is 1. The van der Waals surface area contributed by atoms with Crippen molar-refractivity contribution >= 4 is 12.2 Å². The van der Waals surface area contributed by atoms with Crippen LogP contribution in [0.15, 0.2) is 0 Å². The summed E-state index contributed by atoms with van der Waals surface area (Å²) in [6, 6.07) is 0. The Kier molecular flexibility index (Phi) is 7.32. The molecule has 1 heterocycles. The summed E-state index contributed by atoms with van der Waals surface area (Å²) in [6.07, 6.45) is 1.94. The van der Waals surface area contributed by atoms with Gasteiger partial charge in [0, 0.05) is 6.54 Å². The maximum absolute atomic E-state index is 12.3. The smallest absolute Gasteiger partial charge is 0.442 e. The van der Waals surface area contributed by atoms with E-state index in [4.69, 9.17) is 14.3 Å². The van der Waals surface area contributed by atoms with Gasteiger partial charge in [0.1, 0.15) is 11.2 Å². The fourth-order valence-corrected chi connectivity index (χ4v) is 2.26. The Hall–Kier alpha value is -1.50. The zero-order chi connectivity index (χ0) is 18.4. The Morgan fingerprint density at radius 3 is 1.96 bits per heavy atom. The molecule has 0 spiro atoms. The van der Waals surface area contributed by atoms with Gasteiger partial charge in [0.15, 0.2) is 0 Å². The number of carbonyl (C=O) groups is 2. The molecule has 0 saturated carbocycles. The molecule has 1 amide bonds. The van der Waals surface area contributed by atoms with Crippen molar-refractivity contribution in [3.8, 4) is 0 Å². The first-order chi connectivity index (χ1) is 11.0. The van der Waals surface area contributed by atoms with Gasteiger partial charge in [-0.2, -0.15) is 0 Å². The molecular formula is C17H32N2O5. The number of piperidine rings is 1. The van der Waals surface area contributed by atoms with Crippen LogP contribution >= 0.6 is 0 Å². The van der Waals surface area contributed by atoms with E-state index in [1.54, 1.807) is 41.5 Å². The minimum atomic E-state index is -0.910. The molecule has 1 fully saturated rings. The van der Waals surface area contributed by atoms with Crippen LogP contribution in [-0.2, 0) is 14.3 Å². The lowest BCUT2D eigenvalue weighted by atomic mass is 10.1. The predicted octanol–water partition coefficient (Wildman–Crippen LogP) is 3.58. The van der Waals surface area contributed by atoms with Gasteiger partial charge in [-0.25, -0.2) is 9.59 Å². The molecule has 7 nitrogen and oxygen atoms in total. The second-order valence-electron chi connectivity index (χ2n) is 8.04. The fraction of sp³-hybridized carbons (Fsp3) is 0.882. The highest BCUT2D eigenvalue weighted by atomic mass is 16.8. The molecular weight excluding hydrogens is 312 g/mol. The van der Waals surface area contributed by atoms with Gasteiger partial charge in [-0.15, -0.1) is 5.06 Å². The normalized spacial score (nSPS) is 16.4. The van der Waals surface area contributed by atoms with Crippen LogP contribution < -0.4 is 0 Å². The third kappa shape index (κ3) is 8.96. The molecule has 1 aliphatic rings. The number of hydrogen-bond acceptors (Lipinski definition) is 6. The van der Waals surface area contributed by atoms with Crippen LogP contribution in [0, 0.1) is 0 Å². The molecule has 0 radical (unpaired) electrons. The largest absolute Gasteiger partial charge is 0.534 e. The quantitative estimate of drug-likeness (QED) is 0.576. The van der Waals surface area contributed by atoms with Crippen molar-refractivity contribution in [2.24, 2.45) is 0 Å². The Morgan fingerprint density at radius 1 is 0.917 bits per heavy atom. The first kappa shape index (κ1) is 20.5. The molecule has 1 aliphatic heterocycles. The molecule has 0 bridgehead atoms. The summed E-state index contributed by atoms with van der Waals surface area (Å²) < 4.78 is 10.4. The third-order valence-corrected chi connectivity index (χ3v) is 3.24. The molecule has 7 heteroatoms. The molecule has 1 rings (SSSR count). The van der Waals surface area contributed by atoms with Crippen LogP contribution in [0.1, 0.15) is 60.8 Å². The highest BCUT2D eigenvalue weighted by Crippen LogP contribution is 2.14. The average molecular weight is 344 g/mol. The van der Waals surface area contributed by atoms with Gasteiger partial charge in [-0.05, 0) is 67.5 Å². The topological polar surface area (TPSA) is 68.3 Å². The van der Waals surface area contributed by atoms with Gasteiger partial charge in [-0.1, -0.05) is 6.42 Å². The van der Waals surface area contributed by atoms with Crippen LogP contribution in [0.25, 0.3) is 0 Å². The van der Waals surface area contributed by atoms with Crippen LogP contribution in [-0.4, -0.2) is 59.6 Å². The van der Waals surface area contributed by atoms with Gasteiger partial charge < -0.3 is 19.2 Å². The number of hydroxylamine groups is 2. The average Bonchev–Trinajstić information content (AvgIpc) is 2.40. The number of carbonyl (C=O) groups excluding carboxylic acids is 2. The van der Waals surface area contributed by atoms with Crippen molar-refractivity contribution in [2.75, 3.05) is 26.2 Å². The van der Waals surface area contributed by atoms with E-state index in [-0.39, 0.29) is 6.54 Å². The summed E-state index contributed by atoms with van der Waals surface area (Å²) in [5.74, 6) is 0. The first-order valence-electron chi connectivity index (χ1n) is 8.60. The lowest BCUT2D eigenvalue weighted by molar-refractivity contribution is -0.137. The van der Waals surface area contributed by atoms with Gasteiger partial charge >= 0.3 is 12.2 Å². The van der Waals surface area contributed by atoms with Crippen molar-refractivity contribution in [1.29, 1.82) is 0 Å². The first-order valence-corrected chi connectivity index (χ1v) is 8.60. The fourth-order valence-electron chi connectivity index (χ4n) is 2.26. The van der Waals surface area contributed by atoms with E-state index in [1.165, 1.54) is 6.42 Å². The molecule has 0 aromatic heterocycles. The maximum Gasteiger partial charge on any atom is 0.534 e. The van der Waals surface area contributed by atoms with E-state index in [0.29, 0.717) is 6.54 Å². The molecule has 24 heavy (non-hydrogen) atoms. The van der Waals surface area contributed by atoms with Gasteiger partial charge in [-0.3, -0.25) is 0 Å². The van der Waals surface area contributed by atoms with Crippen molar-refractivity contribution in [3.63, 3.8) is 0 Å². The minimum absolute atomic E-state index is 0.244. The molecule has 0 N–H and O–H groups in total. The maximum atomic E-state index is 12.3. The second-order valence-corrected chi connectivity index (χ2v) is 8.04. The number of nitrogens with zero attached hydrogens (tertiary/aromatic N) is 2. The SMILES string of the molecule is CC(C)(C)OC(=O)ON(CCN1CCCCC1)C(=O)OC(C)(C)C. The summed E-state index contributed by atoms with van der Waals surface area (Å²) >= 11 is 0. The molecule has 0 aromatic carbocycles. The minimum Gasteiger partial charge on any atom is -0.442 e. The summed E-state index contributed by atoms with van der Waals surface area (Å²) in [6.45, 7) is 13.4. The number of amides is 1. The Labute approximate surface area is 145 Å². The Bertz CT molecular complexity index is 420. The van der Waals surface area contributed by atoms with Crippen LogP contribution in [0.4, 0.5) is 9.59 Å². The lowest BCUT2D eigenvalue weighted by Gasteiger charge is -2.30. The van der Waals surface area contributed by atoms with E-state index in [9.17, 15) is 9.59 Å². The molecule has 0 atom stereocenters. The second kappa shape index (κ2) is 8.55. The summed E-state index contributed by atoms with van der Waals surface area (Å²) in [5.41, 5.74) is -1.36. The zero-order valence-corrected chi connectivity index (χ0v) is 15.9. The van der Waals surface area contributed by atoms with Crippen LogP contribution in [0.3, 0.4) is 0 Å². The van der Waals surface area contributed by atoms with E-state index >= 15 is 0 Å². The van der Waals surface area contributed by atoms with E-state index < -0.39 is 23.5 Å². The number of rotatable bonds is 3. The standard InChI is InChI=1S/C17H32N2O5/c1-16(2,3)22-14(20)19(24-15(21)23-17(4,5)6)13-12-18-10-8-7-9-11-18/h7-13H2,1-6H3. The lowest BCUT2D eigenvalue weighted by Crippen LogP contribution is -2.44. The zero-order valence-electron chi connectivity index (χ0n) is 15.9. The molecule has 0 unspecified atom stereocenters. The molecule has 0 aliphatic carbocycles. The predicted molar refractivity (Wildman–Crippen MR) is 90.6 cm³/mol. The highest BCUT2D eigenvalue weighted by Gasteiger charge is 2.28. The summed E-state index contributed by atoms with van der Waals surface area (Å²) in [4.78, 5) is 31.5. The summed E-state index contributed by atoms with van der Waals surface area (Å²) in [5, 5.41) is 0.952. The molecule has 140 valence electrons. The molecule has 1 saturated heterocycles. The van der Waals surface area contributed by atoms with Crippen molar-refractivity contribution < 1.29 is 23.9 Å². The van der Waals surface area contributed by atoms with Gasteiger partial charge in [0.05, 0.1) is 6.54 Å². The third-order valence-electron chi connectivity index (χ3n) is 3.24.